The van der Waals surface area contributed by atoms with Gasteiger partial charge in [-0.2, -0.15) is 5.10 Å². The molecule has 0 aliphatic rings. The predicted molar refractivity (Wildman–Crippen MR) is 93.1 cm³/mol. The average molecular weight is 381 g/mol. The van der Waals surface area contributed by atoms with Crippen LogP contribution in [0, 0.1) is 0 Å². The van der Waals surface area contributed by atoms with Crippen molar-refractivity contribution >= 4 is 27.8 Å². The van der Waals surface area contributed by atoms with Crippen LogP contribution in [0.3, 0.4) is 0 Å². The molecular formula is C16H21BrN4O2. The van der Waals surface area contributed by atoms with E-state index in [1.165, 1.54) is 5.56 Å². The standard InChI is InChI=1S/C16H21BrN4O2/c1-16(2,3)23-15(22)20-14-12(10-19-21-14)9-18-8-11-4-6-13(17)7-5-11/h4-7,10,18H,8-9H2,1-3H3,(H2,19,20,21,22). The van der Waals surface area contributed by atoms with Gasteiger partial charge in [-0.05, 0) is 38.5 Å². The molecule has 23 heavy (non-hydrogen) atoms. The van der Waals surface area contributed by atoms with Crippen LogP contribution < -0.4 is 10.6 Å². The fraction of sp³-hybridized carbons (Fsp3) is 0.375. The number of amides is 1. The first-order valence-electron chi connectivity index (χ1n) is 7.31. The second-order valence-electron chi connectivity index (χ2n) is 6.13. The quantitative estimate of drug-likeness (QED) is 0.736. The van der Waals surface area contributed by atoms with Gasteiger partial charge < -0.3 is 10.1 Å². The molecule has 2 aromatic rings. The molecule has 0 fully saturated rings. The second-order valence-corrected chi connectivity index (χ2v) is 7.04. The highest BCUT2D eigenvalue weighted by molar-refractivity contribution is 9.10. The summed E-state index contributed by atoms with van der Waals surface area (Å²) in [5, 5.41) is 12.7. The number of carbonyl (C=O) groups excluding carboxylic acids is 1. The summed E-state index contributed by atoms with van der Waals surface area (Å²) in [5.41, 5.74) is 1.51. The van der Waals surface area contributed by atoms with Crippen LogP contribution in [-0.4, -0.2) is 21.9 Å². The minimum Gasteiger partial charge on any atom is -0.444 e. The van der Waals surface area contributed by atoms with E-state index in [1.807, 2.05) is 45.0 Å². The number of anilines is 1. The fourth-order valence-corrected chi connectivity index (χ4v) is 2.17. The molecule has 0 radical (unpaired) electrons. The Morgan fingerprint density at radius 1 is 1.26 bits per heavy atom. The molecule has 1 amide bonds. The molecule has 2 rings (SSSR count). The lowest BCUT2D eigenvalue weighted by atomic mass is 10.2. The van der Waals surface area contributed by atoms with Gasteiger partial charge in [0.15, 0.2) is 0 Å². The Labute approximate surface area is 144 Å². The van der Waals surface area contributed by atoms with Crippen LogP contribution in [0.25, 0.3) is 0 Å². The third-order valence-electron chi connectivity index (χ3n) is 2.90. The highest BCUT2D eigenvalue weighted by Gasteiger charge is 2.17. The molecule has 0 unspecified atom stereocenters. The normalized spacial score (nSPS) is 11.3. The number of nitrogens with one attached hydrogen (secondary N) is 3. The summed E-state index contributed by atoms with van der Waals surface area (Å²) >= 11 is 3.41. The second kappa shape index (κ2) is 7.61. The topological polar surface area (TPSA) is 79.0 Å². The van der Waals surface area contributed by atoms with Crippen LogP contribution in [0.2, 0.25) is 0 Å². The van der Waals surface area contributed by atoms with Crippen LogP contribution >= 0.6 is 15.9 Å². The van der Waals surface area contributed by atoms with Crippen LogP contribution in [0.15, 0.2) is 34.9 Å². The number of benzene rings is 1. The number of nitrogens with zero attached hydrogens (tertiary/aromatic N) is 1. The Morgan fingerprint density at radius 2 is 1.96 bits per heavy atom. The summed E-state index contributed by atoms with van der Waals surface area (Å²) in [7, 11) is 0. The number of carbonyl (C=O) groups is 1. The summed E-state index contributed by atoms with van der Waals surface area (Å²) in [5.74, 6) is 0.544. The van der Waals surface area contributed by atoms with Crippen molar-refractivity contribution in [2.45, 2.75) is 39.5 Å². The van der Waals surface area contributed by atoms with Crippen molar-refractivity contribution < 1.29 is 9.53 Å². The predicted octanol–water partition coefficient (Wildman–Crippen LogP) is 3.81. The van der Waals surface area contributed by atoms with Gasteiger partial charge in [-0.1, -0.05) is 28.1 Å². The zero-order valence-corrected chi connectivity index (χ0v) is 15.0. The van der Waals surface area contributed by atoms with Crippen molar-refractivity contribution in [1.82, 2.24) is 15.5 Å². The average Bonchev–Trinajstić information content (AvgIpc) is 2.86. The summed E-state index contributed by atoms with van der Waals surface area (Å²) in [6.07, 6.45) is 1.18. The Balaban J connectivity index is 1.86. The van der Waals surface area contributed by atoms with Crippen LogP contribution in [-0.2, 0) is 17.8 Å². The van der Waals surface area contributed by atoms with Gasteiger partial charge in [0.25, 0.3) is 0 Å². The Hall–Kier alpha value is -1.86. The van der Waals surface area contributed by atoms with E-state index in [4.69, 9.17) is 4.74 Å². The third kappa shape index (κ3) is 6.03. The van der Waals surface area contributed by atoms with Crippen molar-refractivity contribution in [3.8, 4) is 0 Å². The third-order valence-corrected chi connectivity index (χ3v) is 3.43. The minimum absolute atomic E-state index is 0.504. The maximum absolute atomic E-state index is 11.8. The lowest BCUT2D eigenvalue weighted by Gasteiger charge is -2.19. The monoisotopic (exact) mass is 380 g/mol. The van der Waals surface area contributed by atoms with Gasteiger partial charge in [-0.3, -0.25) is 10.4 Å². The van der Waals surface area contributed by atoms with Crippen molar-refractivity contribution in [3.05, 3.63) is 46.1 Å². The minimum atomic E-state index is -0.538. The van der Waals surface area contributed by atoms with E-state index in [2.05, 4.69) is 36.8 Å². The Bertz CT molecular complexity index is 647. The largest absolute Gasteiger partial charge is 0.444 e. The Kier molecular flexibility index (Phi) is 5.79. The van der Waals surface area contributed by atoms with Crippen molar-refractivity contribution in [1.29, 1.82) is 0 Å². The van der Waals surface area contributed by atoms with Crippen LogP contribution in [0.4, 0.5) is 10.6 Å². The summed E-state index contributed by atoms with van der Waals surface area (Å²) in [6.45, 7) is 6.77. The highest BCUT2D eigenvalue weighted by Crippen LogP contribution is 2.14. The molecule has 1 aromatic carbocycles. The lowest BCUT2D eigenvalue weighted by Crippen LogP contribution is -2.27. The smallest absolute Gasteiger partial charge is 0.413 e. The van der Waals surface area contributed by atoms with Crippen LogP contribution in [0.5, 0.6) is 0 Å². The molecule has 3 N–H and O–H groups in total. The molecular weight excluding hydrogens is 360 g/mol. The van der Waals surface area contributed by atoms with Gasteiger partial charge in [0.2, 0.25) is 0 Å². The van der Waals surface area contributed by atoms with E-state index in [-0.39, 0.29) is 0 Å². The summed E-state index contributed by atoms with van der Waals surface area (Å²) < 4.78 is 6.28. The number of aromatic amines is 1. The molecule has 0 bridgehead atoms. The number of hydrogen-bond acceptors (Lipinski definition) is 4. The van der Waals surface area contributed by atoms with Crippen LogP contribution in [0.1, 0.15) is 31.9 Å². The molecule has 0 aliphatic carbocycles. The number of H-pyrrole nitrogens is 1. The Morgan fingerprint density at radius 3 is 2.61 bits per heavy atom. The maximum Gasteiger partial charge on any atom is 0.413 e. The number of ether oxygens (including phenoxy) is 1. The molecule has 0 spiro atoms. The molecule has 0 atom stereocenters. The first kappa shape index (κ1) is 17.5. The zero-order valence-electron chi connectivity index (χ0n) is 13.4. The number of halogens is 1. The molecule has 0 saturated carbocycles. The van der Waals surface area contributed by atoms with E-state index in [0.717, 1.165) is 16.6 Å². The SMILES string of the molecule is CC(C)(C)OC(=O)Nc1[nH]ncc1CNCc1ccc(Br)cc1. The van der Waals surface area contributed by atoms with E-state index in [9.17, 15) is 4.79 Å². The van der Waals surface area contributed by atoms with Gasteiger partial charge in [0, 0.05) is 23.1 Å². The zero-order chi connectivity index (χ0) is 16.9. The lowest BCUT2D eigenvalue weighted by molar-refractivity contribution is 0.0635. The van der Waals surface area contributed by atoms with Gasteiger partial charge in [0.1, 0.15) is 11.4 Å². The first-order valence-corrected chi connectivity index (χ1v) is 8.10. The van der Waals surface area contributed by atoms with E-state index < -0.39 is 11.7 Å². The molecule has 0 saturated heterocycles. The fourth-order valence-electron chi connectivity index (χ4n) is 1.90. The van der Waals surface area contributed by atoms with Gasteiger partial charge in [-0.15, -0.1) is 0 Å². The summed E-state index contributed by atoms with van der Waals surface area (Å²) in [6, 6.07) is 8.10. The molecule has 124 valence electrons. The maximum atomic E-state index is 11.8. The number of hydrogen-bond donors (Lipinski definition) is 3. The highest BCUT2D eigenvalue weighted by atomic mass is 79.9. The molecule has 1 aromatic heterocycles. The molecule has 6 nitrogen and oxygen atoms in total. The molecule has 0 aliphatic heterocycles. The van der Waals surface area contributed by atoms with Crippen molar-refractivity contribution in [2.24, 2.45) is 0 Å². The van der Waals surface area contributed by atoms with Gasteiger partial charge in [0.05, 0.1) is 6.20 Å². The van der Waals surface area contributed by atoms with Gasteiger partial charge >= 0.3 is 6.09 Å². The number of rotatable bonds is 5. The summed E-state index contributed by atoms with van der Waals surface area (Å²) in [4.78, 5) is 11.8. The number of aromatic nitrogens is 2. The van der Waals surface area contributed by atoms with Crippen molar-refractivity contribution in [2.75, 3.05) is 5.32 Å². The van der Waals surface area contributed by atoms with E-state index >= 15 is 0 Å². The molecule has 7 heteroatoms. The first-order chi connectivity index (χ1) is 10.8. The van der Waals surface area contributed by atoms with Crippen molar-refractivity contribution in [3.63, 3.8) is 0 Å². The van der Waals surface area contributed by atoms with E-state index in [1.54, 1.807) is 6.20 Å². The van der Waals surface area contributed by atoms with E-state index in [0.29, 0.717) is 12.4 Å². The van der Waals surface area contributed by atoms with Gasteiger partial charge in [-0.25, -0.2) is 4.79 Å². The molecule has 1 heterocycles.